The molecule has 3 rings (SSSR count). The van der Waals surface area contributed by atoms with E-state index in [2.05, 4.69) is 20.6 Å². The van der Waals surface area contributed by atoms with Crippen molar-refractivity contribution in [3.05, 3.63) is 47.3 Å². The largest absolute Gasteiger partial charge is 0.450 e. The van der Waals surface area contributed by atoms with E-state index >= 15 is 0 Å². The zero-order valence-corrected chi connectivity index (χ0v) is 17.1. The zero-order chi connectivity index (χ0) is 20.8. The second-order valence-corrected chi connectivity index (χ2v) is 7.14. The van der Waals surface area contributed by atoms with Gasteiger partial charge < -0.3 is 20.3 Å². The van der Waals surface area contributed by atoms with Gasteiger partial charge in [-0.15, -0.1) is 0 Å². The summed E-state index contributed by atoms with van der Waals surface area (Å²) in [5.41, 5.74) is 3.05. The first-order valence-corrected chi connectivity index (χ1v) is 9.86. The van der Waals surface area contributed by atoms with E-state index in [0.29, 0.717) is 49.9 Å². The number of benzene rings is 1. The Morgan fingerprint density at radius 3 is 2.48 bits per heavy atom. The molecule has 0 radical (unpaired) electrons. The molecule has 8 heteroatoms. The van der Waals surface area contributed by atoms with E-state index in [-0.39, 0.29) is 18.0 Å². The monoisotopic (exact) mass is 397 g/mol. The summed E-state index contributed by atoms with van der Waals surface area (Å²) in [6.45, 7) is 7.13. The smallest absolute Gasteiger partial charge is 0.409 e. The lowest BCUT2D eigenvalue weighted by Crippen LogP contribution is -2.46. The minimum absolute atomic E-state index is 0.00282. The predicted molar refractivity (Wildman–Crippen MR) is 110 cm³/mol. The van der Waals surface area contributed by atoms with E-state index in [0.717, 1.165) is 11.3 Å². The molecule has 2 heterocycles. The Hall–Kier alpha value is -3.16. The van der Waals surface area contributed by atoms with Crippen LogP contribution in [0, 0.1) is 13.8 Å². The van der Waals surface area contributed by atoms with E-state index in [1.54, 1.807) is 17.9 Å². The third kappa shape index (κ3) is 5.66. The molecule has 1 fully saturated rings. The molecule has 1 aliphatic heterocycles. The highest BCUT2D eigenvalue weighted by molar-refractivity contribution is 5.93. The number of piperidine rings is 1. The fraction of sp³-hybridized carbons (Fsp3) is 0.429. The van der Waals surface area contributed by atoms with Crippen LogP contribution in [0.4, 0.5) is 16.4 Å². The number of aryl methyl sites for hydroxylation is 2. The van der Waals surface area contributed by atoms with Crippen LogP contribution in [0.2, 0.25) is 0 Å². The Bertz CT molecular complexity index is 861. The van der Waals surface area contributed by atoms with Gasteiger partial charge in [0.25, 0.3) is 5.91 Å². The van der Waals surface area contributed by atoms with Crippen molar-refractivity contribution in [1.82, 2.24) is 20.2 Å². The quantitative estimate of drug-likeness (QED) is 0.804. The van der Waals surface area contributed by atoms with Crippen molar-refractivity contribution in [1.29, 1.82) is 0 Å². The van der Waals surface area contributed by atoms with Crippen LogP contribution >= 0.6 is 0 Å². The van der Waals surface area contributed by atoms with E-state index in [4.69, 9.17) is 4.74 Å². The summed E-state index contributed by atoms with van der Waals surface area (Å²) in [4.78, 5) is 34.9. The molecule has 0 spiro atoms. The maximum Gasteiger partial charge on any atom is 0.409 e. The van der Waals surface area contributed by atoms with Gasteiger partial charge in [0, 0.05) is 30.5 Å². The number of ether oxygens (including phenoxy) is 1. The molecule has 0 aliphatic carbocycles. The summed E-state index contributed by atoms with van der Waals surface area (Å²) in [6.07, 6.45) is 1.07. The van der Waals surface area contributed by atoms with Crippen LogP contribution in [0.1, 0.15) is 41.5 Å². The van der Waals surface area contributed by atoms with E-state index in [1.807, 2.05) is 38.1 Å². The van der Waals surface area contributed by atoms with Gasteiger partial charge in [-0.2, -0.15) is 0 Å². The first kappa shape index (κ1) is 20.6. The molecule has 154 valence electrons. The average Bonchev–Trinajstić information content (AvgIpc) is 2.70. The van der Waals surface area contributed by atoms with Gasteiger partial charge in [0.2, 0.25) is 5.95 Å². The number of hydrogen-bond acceptors (Lipinski definition) is 6. The standard InChI is InChI=1S/C21H27N5O3/c1-4-29-21(28)26-11-9-17(10-12-26)23-19(27)18-13-15(3)22-20(25-18)24-16-7-5-14(2)6-8-16/h5-8,13,17H,4,9-12H2,1-3H3,(H,23,27)(H,22,24,25). The maximum absolute atomic E-state index is 12.7. The van der Waals surface area contributed by atoms with Gasteiger partial charge in [0.05, 0.1) is 6.61 Å². The summed E-state index contributed by atoms with van der Waals surface area (Å²) in [6, 6.07) is 9.54. The van der Waals surface area contributed by atoms with Gasteiger partial charge >= 0.3 is 6.09 Å². The number of nitrogens with zero attached hydrogens (tertiary/aromatic N) is 3. The van der Waals surface area contributed by atoms with Crippen LogP contribution in [-0.4, -0.2) is 52.6 Å². The molecule has 1 aliphatic rings. The van der Waals surface area contributed by atoms with Crippen LogP contribution in [0.15, 0.2) is 30.3 Å². The van der Waals surface area contributed by atoms with Gasteiger partial charge in [-0.1, -0.05) is 17.7 Å². The van der Waals surface area contributed by atoms with Gasteiger partial charge in [0.1, 0.15) is 5.69 Å². The van der Waals surface area contributed by atoms with Crippen molar-refractivity contribution in [2.75, 3.05) is 25.0 Å². The summed E-state index contributed by atoms with van der Waals surface area (Å²) in [7, 11) is 0. The van der Waals surface area contributed by atoms with E-state index < -0.39 is 0 Å². The number of carbonyl (C=O) groups is 2. The van der Waals surface area contributed by atoms with Crippen molar-refractivity contribution in [3.63, 3.8) is 0 Å². The molecule has 0 atom stereocenters. The zero-order valence-electron chi connectivity index (χ0n) is 17.1. The molecule has 29 heavy (non-hydrogen) atoms. The Morgan fingerprint density at radius 2 is 1.83 bits per heavy atom. The molecular formula is C21H27N5O3. The summed E-state index contributed by atoms with van der Waals surface area (Å²) >= 11 is 0. The van der Waals surface area contributed by atoms with Crippen LogP contribution < -0.4 is 10.6 Å². The van der Waals surface area contributed by atoms with Crippen LogP contribution in [0.25, 0.3) is 0 Å². The fourth-order valence-electron chi connectivity index (χ4n) is 3.19. The molecule has 1 aromatic heterocycles. The Labute approximate surface area is 170 Å². The Kier molecular flexibility index (Phi) is 6.64. The average molecular weight is 397 g/mol. The predicted octanol–water partition coefficient (Wildman–Crippen LogP) is 3.19. The lowest BCUT2D eigenvalue weighted by atomic mass is 10.1. The first-order valence-electron chi connectivity index (χ1n) is 9.86. The third-order valence-corrected chi connectivity index (χ3v) is 4.75. The molecule has 0 saturated carbocycles. The minimum Gasteiger partial charge on any atom is -0.450 e. The highest BCUT2D eigenvalue weighted by Crippen LogP contribution is 2.16. The molecular weight excluding hydrogens is 370 g/mol. The number of hydrogen-bond donors (Lipinski definition) is 2. The van der Waals surface area contributed by atoms with E-state index in [1.165, 1.54) is 0 Å². The molecule has 1 saturated heterocycles. The molecule has 2 N–H and O–H groups in total. The van der Waals surface area contributed by atoms with Gasteiger partial charge in [-0.25, -0.2) is 14.8 Å². The summed E-state index contributed by atoms with van der Waals surface area (Å²) in [5, 5.41) is 6.16. The van der Waals surface area contributed by atoms with Crippen molar-refractivity contribution < 1.29 is 14.3 Å². The number of nitrogens with one attached hydrogen (secondary N) is 2. The molecule has 2 aromatic rings. The minimum atomic E-state index is -0.296. The molecule has 0 unspecified atom stereocenters. The number of amides is 2. The van der Waals surface area contributed by atoms with Crippen molar-refractivity contribution in [2.24, 2.45) is 0 Å². The van der Waals surface area contributed by atoms with E-state index in [9.17, 15) is 9.59 Å². The maximum atomic E-state index is 12.7. The van der Waals surface area contributed by atoms with Crippen molar-refractivity contribution in [2.45, 2.75) is 39.7 Å². The van der Waals surface area contributed by atoms with Gasteiger partial charge in [0.15, 0.2) is 0 Å². The molecule has 8 nitrogen and oxygen atoms in total. The van der Waals surface area contributed by atoms with Gasteiger partial charge in [-0.05, 0) is 51.8 Å². The topological polar surface area (TPSA) is 96.5 Å². The lowest BCUT2D eigenvalue weighted by molar-refractivity contribution is 0.0856. The normalized spacial score (nSPS) is 14.4. The molecule has 0 bridgehead atoms. The number of carbonyl (C=O) groups excluding carboxylic acids is 2. The Morgan fingerprint density at radius 1 is 1.14 bits per heavy atom. The summed E-state index contributed by atoms with van der Waals surface area (Å²) in [5.74, 6) is 0.146. The molecule has 2 amide bonds. The fourth-order valence-corrected chi connectivity index (χ4v) is 3.19. The van der Waals surface area contributed by atoms with Crippen LogP contribution in [-0.2, 0) is 4.74 Å². The number of likely N-dealkylation sites (tertiary alicyclic amines) is 1. The third-order valence-electron chi connectivity index (χ3n) is 4.75. The second kappa shape index (κ2) is 9.36. The number of anilines is 2. The van der Waals surface area contributed by atoms with Crippen LogP contribution in [0.5, 0.6) is 0 Å². The highest BCUT2D eigenvalue weighted by Gasteiger charge is 2.25. The second-order valence-electron chi connectivity index (χ2n) is 7.14. The first-order chi connectivity index (χ1) is 13.9. The van der Waals surface area contributed by atoms with Crippen molar-refractivity contribution in [3.8, 4) is 0 Å². The van der Waals surface area contributed by atoms with Gasteiger partial charge in [-0.3, -0.25) is 4.79 Å². The highest BCUT2D eigenvalue weighted by atomic mass is 16.6. The number of rotatable bonds is 5. The number of aromatic nitrogens is 2. The Balaban J connectivity index is 1.60. The molecule has 1 aromatic carbocycles. The van der Waals surface area contributed by atoms with Crippen LogP contribution in [0.3, 0.4) is 0 Å². The summed E-state index contributed by atoms with van der Waals surface area (Å²) < 4.78 is 5.02. The SMILES string of the molecule is CCOC(=O)N1CCC(NC(=O)c2cc(C)nc(Nc3ccc(C)cc3)n2)CC1. The van der Waals surface area contributed by atoms with Crippen molar-refractivity contribution >= 4 is 23.6 Å². The lowest BCUT2D eigenvalue weighted by Gasteiger charge is -2.31.